The van der Waals surface area contributed by atoms with Gasteiger partial charge in [0.2, 0.25) is 0 Å². The first-order chi connectivity index (χ1) is 11.0. The van der Waals surface area contributed by atoms with Gasteiger partial charge in [-0.15, -0.1) is 0 Å². The van der Waals surface area contributed by atoms with Crippen molar-refractivity contribution in [3.8, 4) is 17.3 Å². The zero-order chi connectivity index (χ0) is 16.6. The van der Waals surface area contributed by atoms with E-state index in [9.17, 15) is 0 Å². The third-order valence-electron chi connectivity index (χ3n) is 4.55. The summed E-state index contributed by atoms with van der Waals surface area (Å²) in [7, 11) is 2.03. The van der Waals surface area contributed by atoms with Gasteiger partial charge in [0, 0.05) is 30.4 Å². The van der Waals surface area contributed by atoms with Crippen molar-refractivity contribution < 1.29 is 0 Å². The number of nitrogens with zero attached hydrogens (tertiary/aromatic N) is 4. The Morgan fingerprint density at radius 3 is 2.87 bits per heavy atom. The molecule has 1 heterocycles. The van der Waals surface area contributed by atoms with Crippen molar-refractivity contribution in [3.05, 3.63) is 35.7 Å². The summed E-state index contributed by atoms with van der Waals surface area (Å²) >= 11 is 0. The van der Waals surface area contributed by atoms with Crippen molar-refractivity contribution in [2.75, 3.05) is 24.2 Å². The maximum absolute atomic E-state index is 8.84. The molecule has 3 rings (SSSR count). The third-order valence-corrected chi connectivity index (χ3v) is 4.55. The molecule has 1 aromatic heterocycles. The van der Waals surface area contributed by atoms with Gasteiger partial charge in [-0.25, -0.2) is 9.97 Å². The van der Waals surface area contributed by atoms with Gasteiger partial charge in [0.25, 0.3) is 0 Å². The van der Waals surface area contributed by atoms with Crippen LogP contribution in [0.1, 0.15) is 31.4 Å². The number of nitrogens with two attached hydrogens (primary N) is 1. The molecule has 5 heteroatoms. The molecular formula is C18H21N5. The standard InChI is InChI=1S/C18H21N5/c1-18(2)10-13-12(16-15(18)17(20)22-11-21-16)6-4-7-14(13)23(3)9-5-8-19/h4,6-7,11H,5,9-10H2,1-3H3,(H2,20,21,22). The second-order valence-electron chi connectivity index (χ2n) is 6.68. The number of nitriles is 1. The Bertz CT molecular complexity index is 788. The average molecular weight is 307 g/mol. The normalized spacial score (nSPS) is 14.5. The molecule has 0 amide bonds. The molecule has 0 saturated carbocycles. The number of benzene rings is 1. The monoisotopic (exact) mass is 307 g/mol. The summed E-state index contributed by atoms with van der Waals surface area (Å²) in [6.07, 6.45) is 2.92. The van der Waals surface area contributed by atoms with Crippen LogP contribution >= 0.6 is 0 Å². The Balaban J connectivity index is 2.18. The molecule has 2 aromatic rings. The molecule has 0 saturated heterocycles. The van der Waals surface area contributed by atoms with Crippen LogP contribution in [0.15, 0.2) is 24.5 Å². The lowest BCUT2D eigenvalue weighted by atomic mass is 9.71. The van der Waals surface area contributed by atoms with Crippen molar-refractivity contribution >= 4 is 11.5 Å². The highest BCUT2D eigenvalue weighted by Crippen LogP contribution is 2.46. The molecule has 5 nitrogen and oxygen atoms in total. The summed E-state index contributed by atoms with van der Waals surface area (Å²) in [5, 5.41) is 8.84. The summed E-state index contributed by atoms with van der Waals surface area (Å²) in [5.41, 5.74) is 11.5. The van der Waals surface area contributed by atoms with E-state index >= 15 is 0 Å². The summed E-state index contributed by atoms with van der Waals surface area (Å²) in [4.78, 5) is 10.8. The Morgan fingerprint density at radius 2 is 2.13 bits per heavy atom. The van der Waals surface area contributed by atoms with Gasteiger partial charge < -0.3 is 10.6 Å². The lowest BCUT2D eigenvalue weighted by Crippen LogP contribution is -2.30. The molecule has 0 radical (unpaired) electrons. The topological polar surface area (TPSA) is 78.8 Å². The third kappa shape index (κ3) is 2.50. The predicted octanol–water partition coefficient (Wildman–Crippen LogP) is 2.91. The van der Waals surface area contributed by atoms with Crippen molar-refractivity contribution in [2.45, 2.75) is 32.1 Å². The zero-order valence-corrected chi connectivity index (χ0v) is 13.8. The SMILES string of the molecule is CN(CCC#N)c1cccc2c1CC(C)(C)c1c(N)ncnc1-2. The molecule has 2 N–H and O–H groups in total. The van der Waals surface area contributed by atoms with Crippen LogP contribution in [0, 0.1) is 11.3 Å². The van der Waals surface area contributed by atoms with Crippen LogP contribution in [0.4, 0.5) is 11.5 Å². The van der Waals surface area contributed by atoms with Gasteiger partial charge in [0.15, 0.2) is 0 Å². The van der Waals surface area contributed by atoms with E-state index in [1.807, 2.05) is 13.1 Å². The van der Waals surface area contributed by atoms with Crippen molar-refractivity contribution in [3.63, 3.8) is 0 Å². The minimum absolute atomic E-state index is 0.125. The van der Waals surface area contributed by atoms with E-state index in [1.54, 1.807) is 0 Å². The highest BCUT2D eigenvalue weighted by Gasteiger charge is 2.35. The van der Waals surface area contributed by atoms with Gasteiger partial charge in [-0.2, -0.15) is 5.26 Å². The maximum Gasteiger partial charge on any atom is 0.131 e. The van der Waals surface area contributed by atoms with Gasteiger partial charge >= 0.3 is 0 Å². The molecule has 1 aliphatic carbocycles. The summed E-state index contributed by atoms with van der Waals surface area (Å²) in [6.45, 7) is 5.08. The Kier molecular flexibility index (Phi) is 3.69. The number of rotatable bonds is 3. The van der Waals surface area contributed by atoms with Crippen molar-refractivity contribution in [1.82, 2.24) is 9.97 Å². The fourth-order valence-corrected chi connectivity index (χ4v) is 3.48. The number of fused-ring (bicyclic) bond motifs is 3. The fraction of sp³-hybridized carbons (Fsp3) is 0.389. The average Bonchev–Trinajstić information content (AvgIpc) is 2.51. The number of aromatic nitrogens is 2. The lowest BCUT2D eigenvalue weighted by molar-refractivity contribution is 0.514. The van der Waals surface area contributed by atoms with Crippen LogP contribution in [0.25, 0.3) is 11.3 Å². The Labute approximate surface area is 136 Å². The molecule has 0 bridgehead atoms. The number of hydrogen-bond donors (Lipinski definition) is 1. The molecule has 118 valence electrons. The highest BCUT2D eigenvalue weighted by molar-refractivity contribution is 5.80. The minimum Gasteiger partial charge on any atom is -0.383 e. The van der Waals surface area contributed by atoms with Crippen molar-refractivity contribution in [2.24, 2.45) is 0 Å². The van der Waals surface area contributed by atoms with Crippen molar-refractivity contribution in [1.29, 1.82) is 5.26 Å². The van der Waals surface area contributed by atoms with E-state index in [4.69, 9.17) is 11.0 Å². The molecule has 23 heavy (non-hydrogen) atoms. The second-order valence-corrected chi connectivity index (χ2v) is 6.68. The van der Waals surface area contributed by atoms with E-state index < -0.39 is 0 Å². The Hall–Kier alpha value is -2.61. The molecule has 0 aliphatic heterocycles. The van der Waals surface area contributed by atoms with Crippen LogP contribution in [-0.2, 0) is 11.8 Å². The van der Waals surface area contributed by atoms with Crippen LogP contribution in [0.5, 0.6) is 0 Å². The van der Waals surface area contributed by atoms with E-state index in [1.165, 1.54) is 11.9 Å². The summed E-state index contributed by atoms with van der Waals surface area (Å²) in [6, 6.07) is 8.46. The van der Waals surface area contributed by atoms with Crippen LogP contribution in [-0.4, -0.2) is 23.6 Å². The fourth-order valence-electron chi connectivity index (χ4n) is 3.48. The zero-order valence-electron chi connectivity index (χ0n) is 13.8. The lowest BCUT2D eigenvalue weighted by Gasteiger charge is -2.36. The molecule has 1 aromatic carbocycles. The molecule has 0 fully saturated rings. The first-order valence-corrected chi connectivity index (χ1v) is 7.77. The molecule has 0 unspecified atom stereocenters. The van der Waals surface area contributed by atoms with Gasteiger partial charge in [0.05, 0.1) is 18.2 Å². The second kappa shape index (κ2) is 5.54. The molecule has 0 atom stereocenters. The van der Waals surface area contributed by atoms with Crippen LogP contribution in [0.2, 0.25) is 0 Å². The quantitative estimate of drug-likeness (QED) is 0.943. The Morgan fingerprint density at radius 1 is 1.35 bits per heavy atom. The molecule has 0 spiro atoms. The first-order valence-electron chi connectivity index (χ1n) is 7.77. The van der Waals surface area contributed by atoms with E-state index in [0.717, 1.165) is 28.9 Å². The predicted molar refractivity (Wildman–Crippen MR) is 92.1 cm³/mol. The summed E-state index contributed by atoms with van der Waals surface area (Å²) in [5.74, 6) is 0.564. The van der Waals surface area contributed by atoms with E-state index in [2.05, 4.69) is 46.9 Å². The van der Waals surface area contributed by atoms with Gasteiger partial charge in [-0.3, -0.25) is 0 Å². The first kappa shape index (κ1) is 15.3. The van der Waals surface area contributed by atoms with E-state index in [-0.39, 0.29) is 5.41 Å². The number of anilines is 2. The van der Waals surface area contributed by atoms with Gasteiger partial charge in [-0.1, -0.05) is 26.0 Å². The van der Waals surface area contributed by atoms with Gasteiger partial charge in [0.1, 0.15) is 12.1 Å². The molecular weight excluding hydrogens is 286 g/mol. The number of nitrogen functional groups attached to an aromatic ring is 1. The number of hydrogen-bond acceptors (Lipinski definition) is 5. The molecule has 1 aliphatic rings. The summed E-state index contributed by atoms with van der Waals surface area (Å²) < 4.78 is 0. The smallest absolute Gasteiger partial charge is 0.131 e. The maximum atomic E-state index is 8.84. The van der Waals surface area contributed by atoms with E-state index in [0.29, 0.717) is 18.8 Å². The largest absolute Gasteiger partial charge is 0.383 e. The van der Waals surface area contributed by atoms with Gasteiger partial charge in [-0.05, 0) is 23.5 Å². The highest BCUT2D eigenvalue weighted by atomic mass is 15.1. The minimum atomic E-state index is -0.125. The van der Waals surface area contributed by atoms with Crippen LogP contribution < -0.4 is 10.6 Å². The van der Waals surface area contributed by atoms with Crippen LogP contribution in [0.3, 0.4) is 0 Å².